The number of nitrogens with two attached hydrogens (primary N) is 2. The van der Waals surface area contributed by atoms with Crippen molar-refractivity contribution in [1.29, 1.82) is 0 Å². The average Bonchev–Trinajstić information content (AvgIpc) is 3.05. The summed E-state index contributed by atoms with van der Waals surface area (Å²) in [6, 6.07) is 5.27. The molecule has 7 nitrogen and oxygen atoms in total. The summed E-state index contributed by atoms with van der Waals surface area (Å²) in [6.07, 6.45) is 1.34. The fourth-order valence-electron chi connectivity index (χ4n) is 2.03. The molecule has 23 heavy (non-hydrogen) atoms. The third-order valence-electron chi connectivity index (χ3n) is 3.32. The van der Waals surface area contributed by atoms with Crippen molar-refractivity contribution in [3.63, 3.8) is 0 Å². The van der Waals surface area contributed by atoms with Crippen LogP contribution in [0.3, 0.4) is 0 Å². The van der Waals surface area contributed by atoms with Crippen molar-refractivity contribution in [3.05, 3.63) is 41.4 Å². The summed E-state index contributed by atoms with van der Waals surface area (Å²) in [5.41, 5.74) is 11.5. The van der Waals surface area contributed by atoms with Gasteiger partial charge < -0.3 is 16.6 Å². The first-order chi connectivity index (χ1) is 10.9. The van der Waals surface area contributed by atoms with Gasteiger partial charge in [0.2, 0.25) is 5.91 Å². The standard InChI is InChI=1S/C15H15N3O4S/c16-11(13(17)20)7-10(15(21)22)12(19)8-1-3-9(4-2-8)14-18-5-6-23-14/h1-6,10-11H,7,16H2,(H2,17,20)(H,21,22)/t10?,11-/m0/s1. The highest BCUT2D eigenvalue weighted by Crippen LogP contribution is 2.23. The Morgan fingerprint density at radius 1 is 1.22 bits per heavy atom. The molecule has 1 unspecified atom stereocenters. The predicted octanol–water partition coefficient (Wildman–Crippen LogP) is 0.896. The maximum atomic E-state index is 12.3. The normalized spacial score (nSPS) is 13.3. The number of nitrogens with zero attached hydrogens (tertiary/aromatic N) is 1. The van der Waals surface area contributed by atoms with Gasteiger partial charge in [0, 0.05) is 22.7 Å². The highest BCUT2D eigenvalue weighted by atomic mass is 32.1. The largest absolute Gasteiger partial charge is 0.481 e. The van der Waals surface area contributed by atoms with Crippen LogP contribution in [0.15, 0.2) is 35.8 Å². The Morgan fingerprint density at radius 2 is 1.87 bits per heavy atom. The Bertz CT molecular complexity index is 713. The van der Waals surface area contributed by atoms with Crippen LogP contribution in [0.5, 0.6) is 0 Å². The number of amides is 1. The van der Waals surface area contributed by atoms with E-state index in [1.807, 2.05) is 5.38 Å². The summed E-state index contributed by atoms with van der Waals surface area (Å²) in [5, 5.41) is 11.8. The highest BCUT2D eigenvalue weighted by molar-refractivity contribution is 7.13. The molecule has 0 radical (unpaired) electrons. The number of carboxylic acid groups (broad SMARTS) is 1. The molecule has 1 amide bonds. The van der Waals surface area contributed by atoms with Crippen molar-refractivity contribution in [1.82, 2.24) is 4.98 Å². The number of primary amides is 1. The molecule has 0 aliphatic rings. The van der Waals surface area contributed by atoms with Crippen molar-refractivity contribution in [3.8, 4) is 10.6 Å². The number of hydrogen-bond donors (Lipinski definition) is 3. The van der Waals surface area contributed by atoms with Gasteiger partial charge in [-0.1, -0.05) is 24.3 Å². The van der Waals surface area contributed by atoms with Crippen LogP contribution in [0.4, 0.5) is 0 Å². The maximum absolute atomic E-state index is 12.3. The number of thiazole rings is 1. The van der Waals surface area contributed by atoms with Crippen LogP contribution in [0.1, 0.15) is 16.8 Å². The fraction of sp³-hybridized carbons (Fsp3) is 0.200. The number of ketones is 1. The molecule has 8 heteroatoms. The summed E-state index contributed by atoms with van der Waals surface area (Å²) in [6.45, 7) is 0. The molecule has 120 valence electrons. The van der Waals surface area contributed by atoms with Crippen molar-refractivity contribution in [2.75, 3.05) is 0 Å². The number of aromatic nitrogens is 1. The van der Waals surface area contributed by atoms with Crippen LogP contribution < -0.4 is 11.5 Å². The van der Waals surface area contributed by atoms with E-state index in [0.717, 1.165) is 10.6 Å². The lowest BCUT2D eigenvalue weighted by Gasteiger charge is -2.14. The van der Waals surface area contributed by atoms with Crippen LogP contribution in [0.25, 0.3) is 10.6 Å². The minimum atomic E-state index is -1.41. The van der Waals surface area contributed by atoms with Gasteiger partial charge in [0.25, 0.3) is 0 Å². The van der Waals surface area contributed by atoms with E-state index in [4.69, 9.17) is 11.5 Å². The van der Waals surface area contributed by atoms with Crippen molar-refractivity contribution < 1.29 is 19.5 Å². The molecule has 2 aromatic rings. The van der Waals surface area contributed by atoms with Crippen molar-refractivity contribution in [2.24, 2.45) is 17.4 Å². The maximum Gasteiger partial charge on any atom is 0.314 e. The second kappa shape index (κ2) is 7.12. The highest BCUT2D eigenvalue weighted by Gasteiger charge is 2.30. The van der Waals surface area contributed by atoms with E-state index in [1.54, 1.807) is 18.3 Å². The lowest BCUT2D eigenvalue weighted by molar-refractivity contribution is -0.140. The predicted molar refractivity (Wildman–Crippen MR) is 84.8 cm³/mol. The van der Waals surface area contributed by atoms with Crippen LogP contribution in [-0.4, -0.2) is 33.8 Å². The van der Waals surface area contributed by atoms with Gasteiger partial charge in [0.1, 0.15) is 10.9 Å². The molecule has 1 heterocycles. The van der Waals surface area contributed by atoms with Crippen LogP contribution >= 0.6 is 11.3 Å². The van der Waals surface area contributed by atoms with Gasteiger partial charge in [-0.05, 0) is 6.42 Å². The molecule has 2 atom stereocenters. The number of carbonyl (C=O) groups is 3. The van der Waals surface area contributed by atoms with Gasteiger partial charge in [0.05, 0.1) is 6.04 Å². The van der Waals surface area contributed by atoms with Gasteiger partial charge in [-0.3, -0.25) is 14.4 Å². The lowest BCUT2D eigenvalue weighted by atomic mass is 9.91. The minimum absolute atomic E-state index is 0.231. The van der Waals surface area contributed by atoms with Crippen molar-refractivity contribution in [2.45, 2.75) is 12.5 Å². The van der Waals surface area contributed by atoms with Crippen LogP contribution in [0, 0.1) is 5.92 Å². The molecule has 0 spiro atoms. The van der Waals surface area contributed by atoms with Crippen molar-refractivity contribution >= 4 is 29.0 Å². The number of carboxylic acids is 1. The monoisotopic (exact) mass is 333 g/mol. The summed E-state index contributed by atoms with van der Waals surface area (Å²) in [5.74, 6) is -4.21. The molecule has 0 saturated heterocycles. The van der Waals surface area contributed by atoms with Gasteiger partial charge >= 0.3 is 5.97 Å². The molecular formula is C15H15N3O4S. The van der Waals surface area contributed by atoms with E-state index < -0.39 is 29.6 Å². The second-order valence-corrected chi connectivity index (χ2v) is 5.81. The number of Topliss-reactive ketones (excluding diaryl/α,β-unsaturated/α-hetero) is 1. The van der Waals surface area contributed by atoms with Gasteiger partial charge in [-0.15, -0.1) is 11.3 Å². The number of benzene rings is 1. The average molecular weight is 333 g/mol. The van der Waals surface area contributed by atoms with Gasteiger partial charge in [-0.25, -0.2) is 4.98 Å². The first-order valence-corrected chi connectivity index (χ1v) is 7.60. The molecule has 0 aliphatic carbocycles. The molecule has 2 rings (SSSR count). The Morgan fingerprint density at radius 3 is 2.35 bits per heavy atom. The number of rotatable bonds is 7. The Balaban J connectivity index is 2.19. The molecule has 1 aromatic carbocycles. The lowest BCUT2D eigenvalue weighted by Crippen LogP contribution is -2.41. The van der Waals surface area contributed by atoms with E-state index >= 15 is 0 Å². The Hall–Kier alpha value is -2.58. The summed E-state index contributed by atoms with van der Waals surface area (Å²) >= 11 is 1.46. The molecule has 0 bridgehead atoms. The molecule has 5 N–H and O–H groups in total. The quantitative estimate of drug-likeness (QED) is 0.508. The SMILES string of the molecule is NC(=O)[C@@H](N)CC(C(=O)O)C(=O)c1ccc(-c2nccs2)cc1. The third-order valence-corrected chi connectivity index (χ3v) is 4.14. The summed E-state index contributed by atoms with van der Waals surface area (Å²) in [4.78, 5) is 38.8. The zero-order valence-corrected chi connectivity index (χ0v) is 12.8. The smallest absolute Gasteiger partial charge is 0.314 e. The second-order valence-electron chi connectivity index (χ2n) is 4.91. The Labute approximate surface area is 135 Å². The molecule has 0 fully saturated rings. The minimum Gasteiger partial charge on any atom is -0.481 e. The summed E-state index contributed by atoms with van der Waals surface area (Å²) in [7, 11) is 0. The van der Waals surface area contributed by atoms with Gasteiger partial charge in [0.15, 0.2) is 5.78 Å². The first-order valence-electron chi connectivity index (χ1n) is 6.72. The third kappa shape index (κ3) is 3.99. The van der Waals surface area contributed by atoms with E-state index in [0.29, 0.717) is 0 Å². The molecule has 0 aliphatic heterocycles. The molecule has 0 saturated carbocycles. The van der Waals surface area contributed by atoms with E-state index in [2.05, 4.69) is 4.98 Å². The van der Waals surface area contributed by atoms with Crippen LogP contribution in [-0.2, 0) is 9.59 Å². The van der Waals surface area contributed by atoms with E-state index in [-0.39, 0.29) is 12.0 Å². The number of hydrogen-bond acceptors (Lipinski definition) is 6. The van der Waals surface area contributed by atoms with E-state index in [1.165, 1.54) is 23.5 Å². The zero-order chi connectivity index (χ0) is 17.0. The first kappa shape index (κ1) is 16.8. The van der Waals surface area contributed by atoms with Gasteiger partial charge in [-0.2, -0.15) is 0 Å². The Kier molecular flexibility index (Phi) is 5.20. The molecule has 1 aromatic heterocycles. The number of aliphatic carboxylic acids is 1. The van der Waals surface area contributed by atoms with Crippen LogP contribution in [0.2, 0.25) is 0 Å². The number of carbonyl (C=O) groups excluding carboxylic acids is 2. The fourth-order valence-corrected chi connectivity index (χ4v) is 2.68. The molecular weight excluding hydrogens is 318 g/mol. The zero-order valence-electron chi connectivity index (χ0n) is 12.0. The van der Waals surface area contributed by atoms with E-state index in [9.17, 15) is 19.5 Å². The topological polar surface area (TPSA) is 136 Å². The summed E-state index contributed by atoms with van der Waals surface area (Å²) < 4.78 is 0.